The summed E-state index contributed by atoms with van der Waals surface area (Å²) in [4.78, 5) is 0. The van der Waals surface area contributed by atoms with Crippen molar-refractivity contribution in [2.45, 2.75) is 19.4 Å². The summed E-state index contributed by atoms with van der Waals surface area (Å²) in [7, 11) is 1.60. The molecular formula is C11H14N2O. The Hall–Kier alpha value is -1.53. The highest BCUT2D eigenvalue weighted by atomic mass is 16.5. The van der Waals surface area contributed by atoms with Crippen molar-refractivity contribution >= 4 is 0 Å². The van der Waals surface area contributed by atoms with E-state index in [4.69, 9.17) is 15.7 Å². The Balaban J connectivity index is 3.08. The molecule has 0 heterocycles. The highest BCUT2D eigenvalue weighted by molar-refractivity contribution is 5.39. The Kier molecular flexibility index (Phi) is 3.49. The number of hydrogen-bond acceptors (Lipinski definition) is 3. The molecule has 2 N–H and O–H groups in total. The van der Waals surface area contributed by atoms with E-state index in [1.807, 2.05) is 25.1 Å². The molecule has 14 heavy (non-hydrogen) atoms. The van der Waals surface area contributed by atoms with Crippen LogP contribution in [0.1, 0.15) is 24.1 Å². The Morgan fingerprint density at radius 1 is 1.57 bits per heavy atom. The third kappa shape index (κ3) is 2.24. The van der Waals surface area contributed by atoms with Crippen molar-refractivity contribution in [2.24, 2.45) is 5.73 Å². The van der Waals surface area contributed by atoms with Crippen LogP contribution in [-0.2, 0) is 6.42 Å². The van der Waals surface area contributed by atoms with Crippen molar-refractivity contribution in [3.8, 4) is 11.8 Å². The fourth-order valence-electron chi connectivity index (χ4n) is 1.31. The molecule has 1 aromatic rings. The number of benzene rings is 1. The third-order valence-electron chi connectivity index (χ3n) is 2.10. The van der Waals surface area contributed by atoms with Gasteiger partial charge in [0.05, 0.1) is 19.6 Å². The quantitative estimate of drug-likeness (QED) is 0.790. The van der Waals surface area contributed by atoms with Crippen LogP contribution in [0, 0.1) is 11.3 Å². The van der Waals surface area contributed by atoms with Crippen molar-refractivity contribution in [3.63, 3.8) is 0 Å². The first-order valence-corrected chi connectivity index (χ1v) is 4.48. The number of ether oxygens (including phenoxy) is 1. The molecule has 1 atom stereocenters. The SMILES string of the molecule is COc1ccc([C@@H](C)N)cc1CC#N. The van der Waals surface area contributed by atoms with Gasteiger partial charge in [-0.3, -0.25) is 0 Å². The van der Waals surface area contributed by atoms with Crippen molar-refractivity contribution < 1.29 is 4.74 Å². The van der Waals surface area contributed by atoms with Gasteiger partial charge in [-0.2, -0.15) is 5.26 Å². The number of hydrogen-bond donors (Lipinski definition) is 1. The maximum Gasteiger partial charge on any atom is 0.123 e. The Labute approximate surface area is 84.1 Å². The summed E-state index contributed by atoms with van der Waals surface area (Å²) < 4.78 is 5.14. The van der Waals surface area contributed by atoms with Crippen LogP contribution in [0.25, 0.3) is 0 Å². The van der Waals surface area contributed by atoms with E-state index >= 15 is 0 Å². The van der Waals surface area contributed by atoms with E-state index in [0.29, 0.717) is 6.42 Å². The van der Waals surface area contributed by atoms with Crippen LogP contribution in [-0.4, -0.2) is 7.11 Å². The molecule has 3 nitrogen and oxygen atoms in total. The van der Waals surface area contributed by atoms with Crippen LogP contribution in [0.3, 0.4) is 0 Å². The predicted octanol–water partition coefficient (Wildman–Crippen LogP) is 1.78. The first-order chi connectivity index (χ1) is 6.69. The molecule has 1 aromatic carbocycles. The van der Waals surface area contributed by atoms with Crippen LogP contribution < -0.4 is 10.5 Å². The van der Waals surface area contributed by atoms with Crippen LogP contribution >= 0.6 is 0 Å². The standard InChI is InChI=1S/C11H14N2O/c1-8(13)9-3-4-11(14-2)10(7-9)5-6-12/h3-4,7-8H,5,13H2,1-2H3/t8-/m1/s1. The lowest BCUT2D eigenvalue weighted by Gasteiger charge is -2.10. The van der Waals surface area contributed by atoms with Gasteiger partial charge in [0.1, 0.15) is 5.75 Å². The van der Waals surface area contributed by atoms with Gasteiger partial charge in [0, 0.05) is 11.6 Å². The number of methoxy groups -OCH3 is 1. The molecule has 0 spiro atoms. The van der Waals surface area contributed by atoms with E-state index in [-0.39, 0.29) is 6.04 Å². The molecule has 3 heteroatoms. The lowest BCUT2D eigenvalue weighted by Crippen LogP contribution is -2.05. The van der Waals surface area contributed by atoms with Gasteiger partial charge >= 0.3 is 0 Å². The fourth-order valence-corrected chi connectivity index (χ4v) is 1.31. The Bertz CT molecular complexity index is 353. The average Bonchev–Trinajstić information content (AvgIpc) is 2.18. The minimum absolute atomic E-state index is 0.0154. The molecule has 0 aliphatic rings. The lowest BCUT2D eigenvalue weighted by atomic mass is 10.0. The van der Waals surface area contributed by atoms with E-state index in [0.717, 1.165) is 16.9 Å². The maximum absolute atomic E-state index is 8.63. The highest BCUT2D eigenvalue weighted by Gasteiger charge is 2.06. The van der Waals surface area contributed by atoms with E-state index < -0.39 is 0 Å². The van der Waals surface area contributed by atoms with Crippen LogP contribution in [0.4, 0.5) is 0 Å². The minimum atomic E-state index is -0.0154. The third-order valence-corrected chi connectivity index (χ3v) is 2.10. The molecule has 0 aromatic heterocycles. The molecule has 74 valence electrons. The van der Waals surface area contributed by atoms with Crippen molar-refractivity contribution in [3.05, 3.63) is 29.3 Å². The number of nitrogens with two attached hydrogens (primary N) is 1. The van der Waals surface area contributed by atoms with Gasteiger partial charge in [0.2, 0.25) is 0 Å². The van der Waals surface area contributed by atoms with Crippen molar-refractivity contribution in [1.82, 2.24) is 0 Å². The molecular weight excluding hydrogens is 176 g/mol. The monoisotopic (exact) mass is 190 g/mol. The van der Waals surface area contributed by atoms with Gasteiger partial charge in [-0.05, 0) is 24.6 Å². The van der Waals surface area contributed by atoms with Crippen molar-refractivity contribution in [2.75, 3.05) is 7.11 Å². The molecule has 0 fully saturated rings. The summed E-state index contributed by atoms with van der Waals surface area (Å²) in [6, 6.07) is 7.79. The molecule has 0 bridgehead atoms. The zero-order valence-corrected chi connectivity index (χ0v) is 8.45. The Morgan fingerprint density at radius 3 is 2.79 bits per heavy atom. The average molecular weight is 190 g/mol. The van der Waals surface area contributed by atoms with Gasteiger partial charge in [0.15, 0.2) is 0 Å². The fraction of sp³-hybridized carbons (Fsp3) is 0.364. The molecule has 0 unspecified atom stereocenters. The zero-order valence-electron chi connectivity index (χ0n) is 8.45. The molecule has 0 radical (unpaired) electrons. The molecule has 0 aliphatic heterocycles. The molecule has 0 saturated heterocycles. The second-order valence-corrected chi connectivity index (χ2v) is 3.19. The van der Waals surface area contributed by atoms with Gasteiger partial charge in [-0.15, -0.1) is 0 Å². The molecule has 1 rings (SSSR count). The summed E-state index contributed by atoms with van der Waals surface area (Å²) in [6.07, 6.45) is 0.351. The number of nitrogens with zero attached hydrogens (tertiary/aromatic N) is 1. The summed E-state index contributed by atoms with van der Waals surface area (Å²) in [5.41, 5.74) is 7.66. The first-order valence-electron chi connectivity index (χ1n) is 4.48. The molecule has 0 saturated carbocycles. The smallest absolute Gasteiger partial charge is 0.123 e. The van der Waals surface area contributed by atoms with E-state index in [1.165, 1.54) is 0 Å². The van der Waals surface area contributed by atoms with Crippen molar-refractivity contribution in [1.29, 1.82) is 5.26 Å². The second kappa shape index (κ2) is 4.64. The summed E-state index contributed by atoms with van der Waals surface area (Å²) >= 11 is 0. The molecule has 0 aliphatic carbocycles. The van der Waals surface area contributed by atoms with Crippen LogP contribution in [0.2, 0.25) is 0 Å². The normalized spacial score (nSPS) is 11.9. The van der Waals surface area contributed by atoms with Gasteiger partial charge < -0.3 is 10.5 Å². The van der Waals surface area contributed by atoms with Gasteiger partial charge in [-0.25, -0.2) is 0 Å². The predicted molar refractivity (Wildman–Crippen MR) is 54.9 cm³/mol. The molecule has 0 amide bonds. The van der Waals surface area contributed by atoms with E-state index in [9.17, 15) is 0 Å². The second-order valence-electron chi connectivity index (χ2n) is 3.19. The van der Waals surface area contributed by atoms with Gasteiger partial charge in [-0.1, -0.05) is 6.07 Å². The summed E-state index contributed by atoms with van der Waals surface area (Å²) in [6.45, 7) is 1.91. The highest BCUT2D eigenvalue weighted by Crippen LogP contribution is 2.22. The van der Waals surface area contributed by atoms with E-state index in [2.05, 4.69) is 6.07 Å². The number of rotatable bonds is 3. The largest absolute Gasteiger partial charge is 0.496 e. The zero-order chi connectivity index (χ0) is 10.6. The summed E-state index contributed by atoms with van der Waals surface area (Å²) in [5.74, 6) is 0.746. The Morgan fingerprint density at radius 2 is 2.29 bits per heavy atom. The minimum Gasteiger partial charge on any atom is -0.496 e. The van der Waals surface area contributed by atoms with Crippen LogP contribution in [0.5, 0.6) is 5.75 Å². The number of nitriles is 1. The topological polar surface area (TPSA) is 59.0 Å². The lowest BCUT2D eigenvalue weighted by molar-refractivity contribution is 0.410. The van der Waals surface area contributed by atoms with E-state index in [1.54, 1.807) is 7.11 Å². The first kappa shape index (κ1) is 10.6. The van der Waals surface area contributed by atoms with Crippen LogP contribution in [0.15, 0.2) is 18.2 Å². The summed E-state index contributed by atoms with van der Waals surface area (Å²) in [5, 5.41) is 8.63. The maximum atomic E-state index is 8.63. The van der Waals surface area contributed by atoms with Gasteiger partial charge in [0.25, 0.3) is 0 Å².